The fourth-order valence-corrected chi connectivity index (χ4v) is 1.19. The van der Waals surface area contributed by atoms with Crippen molar-refractivity contribution >= 4 is 5.91 Å². The van der Waals surface area contributed by atoms with E-state index in [4.69, 9.17) is 5.26 Å². The first-order valence-corrected chi connectivity index (χ1v) is 5.66. The van der Waals surface area contributed by atoms with Crippen LogP contribution in [0.1, 0.15) is 20.3 Å². The molecule has 1 atom stereocenters. The number of carbonyl (C=O) groups is 1. The molecule has 0 saturated carbocycles. The zero-order valence-electron chi connectivity index (χ0n) is 10.4. The van der Waals surface area contributed by atoms with Crippen molar-refractivity contribution in [1.82, 2.24) is 15.5 Å². The number of nitrogens with one attached hydrogen (secondary N) is 2. The predicted octanol–water partition coefficient (Wildman–Crippen LogP) is -0.0539. The Kier molecular flexibility index (Phi) is 8.49. The van der Waals surface area contributed by atoms with E-state index in [-0.39, 0.29) is 19.0 Å². The Balaban J connectivity index is 3.46. The molecule has 0 aromatic heterocycles. The third kappa shape index (κ3) is 7.21. The molecule has 2 N–H and O–H groups in total. The van der Waals surface area contributed by atoms with Gasteiger partial charge in [0.25, 0.3) is 0 Å². The van der Waals surface area contributed by atoms with Crippen LogP contribution in [0.15, 0.2) is 0 Å². The lowest BCUT2D eigenvalue weighted by Crippen LogP contribution is -2.39. The first-order chi connectivity index (χ1) is 7.61. The summed E-state index contributed by atoms with van der Waals surface area (Å²) >= 11 is 0. The second-order valence-electron chi connectivity index (χ2n) is 3.85. The molecule has 0 spiro atoms. The number of hydrogen-bond acceptors (Lipinski definition) is 4. The molecule has 0 bridgehead atoms. The van der Waals surface area contributed by atoms with Crippen LogP contribution >= 0.6 is 0 Å². The van der Waals surface area contributed by atoms with Gasteiger partial charge >= 0.3 is 0 Å². The fourth-order valence-electron chi connectivity index (χ4n) is 1.19. The molecule has 0 aromatic carbocycles. The SMILES string of the molecule is CCC(C)N(C)CCNCC(=O)NCC#N. The summed E-state index contributed by atoms with van der Waals surface area (Å²) < 4.78 is 0. The molecule has 0 heterocycles. The van der Waals surface area contributed by atoms with Gasteiger partial charge in [-0.3, -0.25) is 4.79 Å². The molecule has 0 aliphatic carbocycles. The molecule has 1 unspecified atom stereocenters. The molecule has 16 heavy (non-hydrogen) atoms. The standard InChI is InChI=1S/C11H22N4O/c1-4-10(2)15(3)8-7-13-9-11(16)14-6-5-12/h10,13H,4,6-9H2,1-3H3,(H,14,16). The van der Waals surface area contributed by atoms with Crippen LogP contribution in [-0.4, -0.2) is 50.1 Å². The maximum absolute atomic E-state index is 11.1. The van der Waals surface area contributed by atoms with E-state index >= 15 is 0 Å². The van der Waals surface area contributed by atoms with Crippen molar-refractivity contribution in [3.63, 3.8) is 0 Å². The molecular formula is C11H22N4O. The largest absolute Gasteiger partial charge is 0.342 e. The van der Waals surface area contributed by atoms with E-state index in [1.165, 1.54) is 0 Å². The predicted molar refractivity (Wildman–Crippen MR) is 63.9 cm³/mol. The van der Waals surface area contributed by atoms with Gasteiger partial charge in [-0.2, -0.15) is 5.26 Å². The van der Waals surface area contributed by atoms with Crippen molar-refractivity contribution in [1.29, 1.82) is 5.26 Å². The summed E-state index contributed by atoms with van der Waals surface area (Å²) in [6, 6.07) is 2.43. The zero-order valence-corrected chi connectivity index (χ0v) is 10.4. The van der Waals surface area contributed by atoms with Gasteiger partial charge in [0, 0.05) is 19.1 Å². The number of carbonyl (C=O) groups excluding carboxylic acids is 1. The smallest absolute Gasteiger partial charge is 0.234 e. The Morgan fingerprint density at radius 2 is 2.25 bits per heavy atom. The van der Waals surface area contributed by atoms with E-state index in [1.54, 1.807) is 0 Å². The van der Waals surface area contributed by atoms with E-state index in [0.29, 0.717) is 6.04 Å². The van der Waals surface area contributed by atoms with Gasteiger partial charge in [-0.25, -0.2) is 0 Å². The lowest BCUT2D eigenvalue weighted by atomic mass is 10.2. The molecule has 5 heteroatoms. The number of nitriles is 1. The van der Waals surface area contributed by atoms with E-state index in [0.717, 1.165) is 19.5 Å². The lowest BCUT2D eigenvalue weighted by Gasteiger charge is -2.23. The highest BCUT2D eigenvalue weighted by Gasteiger charge is 2.05. The molecular weight excluding hydrogens is 204 g/mol. The summed E-state index contributed by atoms with van der Waals surface area (Å²) in [4.78, 5) is 13.3. The van der Waals surface area contributed by atoms with Crippen LogP contribution in [0.4, 0.5) is 0 Å². The van der Waals surface area contributed by atoms with Crippen LogP contribution in [0.25, 0.3) is 0 Å². The van der Waals surface area contributed by atoms with Crippen molar-refractivity contribution in [2.75, 3.05) is 33.2 Å². The Morgan fingerprint density at radius 3 is 2.81 bits per heavy atom. The van der Waals surface area contributed by atoms with Gasteiger partial charge in [0.05, 0.1) is 12.6 Å². The second kappa shape index (κ2) is 9.13. The Morgan fingerprint density at radius 1 is 1.56 bits per heavy atom. The number of likely N-dealkylation sites (N-methyl/N-ethyl adjacent to an activating group) is 1. The number of nitrogens with zero attached hydrogens (tertiary/aromatic N) is 2. The van der Waals surface area contributed by atoms with E-state index in [1.807, 2.05) is 6.07 Å². The summed E-state index contributed by atoms with van der Waals surface area (Å²) in [5.41, 5.74) is 0. The summed E-state index contributed by atoms with van der Waals surface area (Å²) in [6.07, 6.45) is 1.12. The Hall–Kier alpha value is -1.12. The maximum atomic E-state index is 11.1. The van der Waals surface area contributed by atoms with Gasteiger partial charge in [0.15, 0.2) is 0 Å². The van der Waals surface area contributed by atoms with Crippen molar-refractivity contribution in [2.24, 2.45) is 0 Å². The maximum Gasteiger partial charge on any atom is 0.234 e. The van der Waals surface area contributed by atoms with Gasteiger partial charge in [0.2, 0.25) is 5.91 Å². The normalized spacial score (nSPS) is 12.2. The minimum absolute atomic E-state index is 0.0767. The van der Waals surface area contributed by atoms with Gasteiger partial charge in [-0.05, 0) is 20.4 Å². The third-order valence-corrected chi connectivity index (χ3v) is 2.63. The number of rotatable bonds is 8. The molecule has 92 valence electrons. The molecule has 0 saturated heterocycles. The molecule has 0 aliphatic heterocycles. The van der Waals surface area contributed by atoms with Crippen molar-refractivity contribution in [3.8, 4) is 6.07 Å². The quantitative estimate of drug-likeness (QED) is 0.450. The van der Waals surface area contributed by atoms with Crippen molar-refractivity contribution in [2.45, 2.75) is 26.3 Å². The third-order valence-electron chi connectivity index (χ3n) is 2.63. The van der Waals surface area contributed by atoms with Crippen LogP contribution in [0.2, 0.25) is 0 Å². The van der Waals surface area contributed by atoms with E-state index in [9.17, 15) is 4.79 Å². The summed E-state index contributed by atoms with van der Waals surface area (Å²) in [5.74, 6) is -0.132. The summed E-state index contributed by atoms with van der Waals surface area (Å²) in [5, 5.41) is 13.8. The first kappa shape index (κ1) is 14.9. The number of hydrogen-bond donors (Lipinski definition) is 2. The van der Waals surface area contributed by atoms with Crippen LogP contribution in [0, 0.1) is 11.3 Å². The average Bonchev–Trinajstić information content (AvgIpc) is 2.30. The van der Waals surface area contributed by atoms with Crippen LogP contribution in [-0.2, 0) is 4.79 Å². The fraction of sp³-hybridized carbons (Fsp3) is 0.818. The van der Waals surface area contributed by atoms with Crippen LogP contribution in [0.3, 0.4) is 0 Å². The molecule has 0 aliphatic rings. The van der Waals surface area contributed by atoms with Crippen molar-refractivity contribution in [3.05, 3.63) is 0 Å². The van der Waals surface area contributed by atoms with Gasteiger partial charge in [0.1, 0.15) is 6.54 Å². The highest BCUT2D eigenvalue weighted by molar-refractivity contribution is 5.78. The molecule has 0 aromatic rings. The molecule has 5 nitrogen and oxygen atoms in total. The van der Waals surface area contributed by atoms with E-state index in [2.05, 4.69) is 36.4 Å². The summed E-state index contributed by atoms with van der Waals surface area (Å²) in [6.45, 7) is 6.38. The van der Waals surface area contributed by atoms with Gasteiger partial charge in [-0.1, -0.05) is 6.92 Å². The molecule has 0 radical (unpaired) electrons. The highest BCUT2D eigenvalue weighted by atomic mass is 16.1. The summed E-state index contributed by atoms with van der Waals surface area (Å²) in [7, 11) is 2.07. The minimum Gasteiger partial charge on any atom is -0.342 e. The van der Waals surface area contributed by atoms with Crippen LogP contribution in [0.5, 0.6) is 0 Å². The Bertz CT molecular complexity index is 237. The van der Waals surface area contributed by atoms with E-state index < -0.39 is 0 Å². The first-order valence-electron chi connectivity index (χ1n) is 5.66. The van der Waals surface area contributed by atoms with Crippen molar-refractivity contribution < 1.29 is 4.79 Å². The molecule has 1 amide bonds. The monoisotopic (exact) mass is 226 g/mol. The molecule has 0 fully saturated rings. The topological polar surface area (TPSA) is 68.2 Å². The van der Waals surface area contributed by atoms with Crippen LogP contribution < -0.4 is 10.6 Å². The Labute approximate surface area is 97.8 Å². The molecule has 0 rings (SSSR count). The highest BCUT2D eigenvalue weighted by Crippen LogP contribution is 1.97. The average molecular weight is 226 g/mol. The minimum atomic E-state index is -0.132. The van der Waals surface area contributed by atoms with Gasteiger partial charge < -0.3 is 15.5 Å². The van der Waals surface area contributed by atoms with Gasteiger partial charge in [-0.15, -0.1) is 0 Å². The zero-order chi connectivity index (χ0) is 12.4. The second-order valence-corrected chi connectivity index (χ2v) is 3.85. The lowest BCUT2D eigenvalue weighted by molar-refractivity contribution is -0.120. The number of amides is 1.